The van der Waals surface area contributed by atoms with Crippen LogP contribution in [-0.4, -0.2) is 47.4 Å². The molecule has 0 aromatic heterocycles. The Kier molecular flexibility index (Phi) is 52.6. The van der Waals surface area contributed by atoms with E-state index >= 15 is 0 Å². The molecule has 0 aliphatic rings. The zero-order valence-corrected chi connectivity index (χ0v) is 43.0. The van der Waals surface area contributed by atoms with E-state index in [0.29, 0.717) is 25.9 Å². The number of hydrogen-bond acceptors (Lipinski definition) is 5. The molecule has 0 aliphatic carbocycles. The third kappa shape index (κ3) is 49.8. The van der Waals surface area contributed by atoms with Crippen LogP contribution in [0.15, 0.2) is 24.3 Å². The summed E-state index contributed by atoms with van der Waals surface area (Å²) in [6, 6.07) is -0.543. The van der Waals surface area contributed by atoms with Crippen molar-refractivity contribution in [3.8, 4) is 0 Å². The number of unbranched alkanes of at least 4 members (excludes halogenated alkanes) is 38. The summed E-state index contributed by atoms with van der Waals surface area (Å²) >= 11 is 0. The van der Waals surface area contributed by atoms with E-state index in [1.54, 1.807) is 0 Å². The lowest BCUT2D eigenvalue weighted by atomic mass is 10.0. The first kappa shape index (κ1) is 62.3. The topological polar surface area (TPSA) is 95.9 Å². The quantitative estimate of drug-likeness (QED) is 0.0321. The summed E-state index contributed by atoms with van der Waals surface area (Å²) in [5.41, 5.74) is 0. The summed E-state index contributed by atoms with van der Waals surface area (Å²) in [5.74, 6) is -0.0367. The molecule has 64 heavy (non-hydrogen) atoms. The molecule has 2 unspecified atom stereocenters. The Bertz CT molecular complexity index is 997. The SMILES string of the molecule is CCCCC/C=C\C/C=C\CCCCCCCCCCCC(=O)OCCCCCCCCCCCCCCCCCCCCC(=O)NC(CO)C(O)CCCCCCCCCCCC. The number of esters is 1. The molecule has 1 amide bonds. The minimum absolute atomic E-state index is 0.00357. The molecule has 3 N–H and O–H groups in total. The van der Waals surface area contributed by atoms with Gasteiger partial charge in [-0.15, -0.1) is 0 Å². The Hall–Kier alpha value is -1.66. The maximum absolute atomic E-state index is 12.4. The number of hydrogen-bond donors (Lipinski definition) is 3. The van der Waals surface area contributed by atoms with Gasteiger partial charge in [-0.25, -0.2) is 0 Å². The van der Waals surface area contributed by atoms with Crippen molar-refractivity contribution in [3.63, 3.8) is 0 Å². The zero-order valence-electron chi connectivity index (χ0n) is 43.0. The fourth-order valence-electron chi connectivity index (χ4n) is 8.85. The summed E-state index contributed by atoms with van der Waals surface area (Å²) in [6.07, 6.45) is 64.5. The van der Waals surface area contributed by atoms with Crippen LogP contribution in [0.5, 0.6) is 0 Å². The zero-order chi connectivity index (χ0) is 46.5. The van der Waals surface area contributed by atoms with Crippen LogP contribution in [0.1, 0.15) is 309 Å². The number of rotatable bonds is 53. The van der Waals surface area contributed by atoms with Gasteiger partial charge in [-0.3, -0.25) is 9.59 Å². The van der Waals surface area contributed by atoms with Crippen molar-refractivity contribution in [1.29, 1.82) is 0 Å². The highest BCUT2D eigenvalue weighted by Crippen LogP contribution is 2.17. The Morgan fingerprint density at radius 1 is 0.438 bits per heavy atom. The lowest BCUT2D eigenvalue weighted by Gasteiger charge is -2.22. The second-order valence-corrected chi connectivity index (χ2v) is 19.6. The monoisotopic (exact) mass is 902 g/mol. The van der Waals surface area contributed by atoms with Gasteiger partial charge in [0.2, 0.25) is 5.91 Å². The first-order chi connectivity index (χ1) is 31.5. The van der Waals surface area contributed by atoms with Gasteiger partial charge in [0.05, 0.1) is 25.4 Å². The summed E-state index contributed by atoms with van der Waals surface area (Å²) in [4.78, 5) is 24.5. The minimum atomic E-state index is -0.665. The van der Waals surface area contributed by atoms with E-state index in [9.17, 15) is 19.8 Å². The highest BCUT2D eigenvalue weighted by molar-refractivity contribution is 5.76. The van der Waals surface area contributed by atoms with Crippen LogP contribution < -0.4 is 5.32 Å². The fraction of sp³-hybridized carbons (Fsp3) is 0.897. The Labute approximate surface area is 399 Å². The van der Waals surface area contributed by atoms with Gasteiger partial charge in [-0.1, -0.05) is 263 Å². The van der Waals surface area contributed by atoms with Gasteiger partial charge < -0.3 is 20.3 Å². The Balaban J connectivity index is 3.37. The van der Waals surface area contributed by atoms with Crippen LogP contribution in [0.2, 0.25) is 0 Å². The number of aliphatic hydroxyl groups excluding tert-OH is 2. The van der Waals surface area contributed by atoms with Gasteiger partial charge in [0, 0.05) is 12.8 Å². The largest absolute Gasteiger partial charge is 0.466 e. The molecule has 0 saturated heterocycles. The molecule has 0 aromatic rings. The summed E-state index contributed by atoms with van der Waals surface area (Å²) in [5, 5.41) is 23.1. The van der Waals surface area contributed by atoms with E-state index in [1.807, 2.05) is 0 Å². The van der Waals surface area contributed by atoms with Crippen LogP contribution in [0.25, 0.3) is 0 Å². The van der Waals surface area contributed by atoms with E-state index in [2.05, 4.69) is 43.5 Å². The van der Waals surface area contributed by atoms with Crippen molar-refractivity contribution in [1.82, 2.24) is 5.32 Å². The minimum Gasteiger partial charge on any atom is -0.466 e. The van der Waals surface area contributed by atoms with E-state index in [1.165, 1.54) is 225 Å². The first-order valence-corrected chi connectivity index (χ1v) is 28.6. The summed E-state index contributed by atoms with van der Waals surface area (Å²) in [6.45, 7) is 4.91. The highest BCUT2D eigenvalue weighted by atomic mass is 16.5. The average molecular weight is 903 g/mol. The van der Waals surface area contributed by atoms with Crippen LogP contribution in [-0.2, 0) is 14.3 Å². The molecule has 0 spiro atoms. The molecule has 0 fully saturated rings. The Morgan fingerprint density at radius 2 is 0.781 bits per heavy atom. The van der Waals surface area contributed by atoms with E-state index in [4.69, 9.17) is 4.74 Å². The van der Waals surface area contributed by atoms with Crippen molar-refractivity contribution in [3.05, 3.63) is 24.3 Å². The van der Waals surface area contributed by atoms with Crippen molar-refractivity contribution < 1.29 is 24.5 Å². The van der Waals surface area contributed by atoms with Gasteiger partial charge in [0.15, 0.2) is 0 Å². The molecule has 0 aliphatic heterocycles. The molecule has 6 nitrogen and oxygen atoms in total. The molecular weight excluding hydrogens is 791 g/mol. The third-order valence-electron chi connectivity index (χ3n) is 13.3. The molecule has 0 saturated carbocycles. The fourth-order valence-corrected chi connectivity index (χ4v) is 8.85. The summed E-state index contributed by atoms with van der Waals surface area (Å²) < 4.78 is 5.49. The van der Waals surface area contributed by atoms with Gasteiger partial charge in [0.1, 0.15) is 0 Å². The smallest absolute Gasteiger partial charge is 0.305 e. The number of carbonyl (C=O) groups is 2. The molecule has 0 radical (unpaired) electrons. The van der Waals surface area contributed by atoms with E-state index in [-0.39, 0.29) is 18.5 Å². The number of nitrogens with one attached hydrogen (secondary N) is 1. The molecule has 0 bridgehead atoms. The molecule has 0 rings (SSSR count). The highest BCUT2D eigenvalue weighted by Gasteiger charge is 2.20. The number of ether oxygens (including phenoxy) is 1. The van der Waals surface area contributed by atoms with E-state index in [0.717, 1.165) is 51.4 Å². The number of aliphatic hydroxyl groups is 2. The van der Waals surface area contributed by atoms with Crippen molar-refractivity contribution in [2.24, 2.45) is 0 Å². The number of allylic oxidation sites excluding steroid dienone is 4. The van der Waals surface area contributed by atoms with Gasteiger partial charge in [-0.2, -0.15) is 0 Å². The van der Waals surface area contributed by atoms with Gasteiger partial charge >= 0.3 is 5.97 Å². The predicted molar refractivity (Wildman–Crippen MR) is 278 cm³/mol. The summed E-state index contributed by atoms with van der Waals surface area (Å²) in [7, 11) is 0. The third-order valence-corrected chi connectivity index (χ3v) is 13.3. The second kappa shape index (κ2) is 54.0. The first-order valence-electron chi connectivity index (χ1n) is 28.6. The average Bonchev–Trinajstić information content (AvgIpc) is 3.29. The molecule has 0 heterocycles. The lowest BCUT2D eigenvalue weighted by Crippen LogP contribution is -2.45. The van der Waals surface area contributed by atoms with Gasteiger partial charge in [0.25, 0.3) is 0 Å². The second-order valence-electron chi connectivity index (χ2n) is 19.6. The molecule has 378 valence electrons. The molecule has 2 atom stereocenters. The van der Waals surface area contributed by atoms with Crippen LogP contribution >= 0.6 is 0 Å². The normalized spacial score (nSPS) is 12.8. The maximum atomic E-state index is 12.4. The van der Waals surface area contributed by atoms with Crippen LogP contribution in [0, 0.1) is 0 Å². The van der Waals surface area contributed by atoms with E-state index < -0.39 is 12.1 Å². The lowest BCUT2D eigenvalue weighted by molar-refractivity contribution is -0.143. The Morgan fingerprint density at radius 3 is 1.22 bits per heavy atom. The van der Waals surface area contributed by atoms with Crippen molar-refractivity contribution in [2.45, 2.75) is 321 Å². The van der Waals surface area contributed by atoms with Crippen molar-refractivity contribution in [2.75, 3.05) is 13.2 Å². The number of carbonyl (C=O) groups excluding carboxylic acids is 2. The standard InChI is InChI=1S/C58H111NO5/c1-3-5-7-9-11-13-15-16-17-18-19-23-26-29-32-36-40-44-48-52-58(63)64-53-49-45-41-37-33-30-27-24-21-20-22-25-28-31-35-39-43-47-51-57(62)59-55(54-60)56(61)50-46-42-38-34-14-12-10-8-6-4-2/h11,13,16-17,55-56,60-61H,3-10,12,14-15,18-54H2,1-2H3,(H,59,62)/b13-11-,17-16-. The predicted octanol–water partition coefficient (Wildman–Crippen LogP) is 17.5. The van der Waals surface area contributed by atoms with Gasteiger partial charge in [-0.05, 0) is 57.8 Å². The van der Waals surface area contributed by atoms with Crippen LogP contribution in [0.3, 0.4) is 0 Å². The van der Waals surface area contributed by atoms with Crippen LogP contribution in [0.4, 0.5) is 0 Å². The molecule has 6 heteroatoms. The van der Waals surface area contributed by atoms with Crippen molar-refractivity contribution >= 4 is 11.9 Å². The number of amides is 1. The molecular formula is C58H111NO5. The molecule has 0 aromatic carbocycles. The maximum Gasteiger partial charge on any atom is 0.305 e.